The molecule has 0 fully saturated rings. The van der Waals surface area contributed by atoms with E-state index in [0.29, 0.717) is 21.3 Å². The van der Waals surface area contributed by atoms with E-state index in [9.17, 15) is 10.1 Å². The summed E-state index contributed by atoms with van der Waals surface area (Å²) in [6.45, 7) is 0. The number of nitriles is 1. The molecule has 128 valence electrons. The van der Waals surface area contributed by atoms with Crippen LogP contribution in [-0.4, -0.2) is 15.7 Å². The van der Waals surface area contributed by atoms with Crippen molar-refractivity contribution < 1.29 is 4.79 Å². The number of hydrogen-bond acceptors (Lipinski definition) is 3. The number of carbonyl (C=O) groups excluding carboxylic acids is 1. The van der Waals surface area contributed by atoms with E-state index in [1.807, 2.05) is 18.2 Å². The third kappa shape index (κ3) is 4.12. The van der Waals surface area contributed by atoms with Crippen LogP contribution >= 0.6 is 23.2 Å². The Hall–Kier alpha value is -3.07. The zero-order valence-electron chi connectivity index (χ0n) is 13.4. The van der Waals surface area contributed by atoms with Gasteiger partial charge in [0.15, 0.2) is 0 Å². The third-order valence-electron chi connectivity index (χ3n) is 3.49. The van der Waals surface area contributed by atoms with Crippen LogP contribution in [0.5, 0.6) is 0 Å². The number of halogens is 2. The molecule has 0 aliphatic carbocycles. The number of nitrogens with zero attached hydrogens (tertiary/aromatic N) is 3. The number of rotatable bonds is 4. The van der Waals surface area contributed by atoms with Gasteiger partial charge in [0.05, 0.1) is 22.6 Å². The Kier molecular flexibility index (Phi) is 5.37. The van der Waals surface area contributed by atoms with Crippen LogP contribution in [0.15, 0.2) is 66.5 Å². The minimum Gasteiger partial charge on any atom is -0.320 e. The number of aromatic nitrogens is 2. The summed E-state index contributed by atoms with van der Waals surface area (Å²) in [5.74, 6) is -0.542. The average Bonchev–Trinajstić information content (AvgIpc) is 3.10. The zero-order valence-corrected chi connectivity index (χ0v) is 14.9. The highest BCUT2D eigenvalue weighted by molar-refractivity contribution is 6.34. The topological polar surface area (TPSA) is 70.7 Å². The number of anilines is 1. The van der Waals surface area contributed by atoms with Crippen LogP contribution in [0.1, 0.15) is 5.56 Å². The van der Waals surface area contributed by atoms with E-state index in [2.05, 4.69) is 10.4 Å². The maximum Gasteiger partial charge on any atom is 0.266 e. The van der Waals surface area contributed by atoms with Gasteiger partial charge in [-0.3, -0.25) is 4.79 Å². The van der Waals surface area contributed by atoms with E-state index >= 15 is 0 Å². The Morgan fingerprint density at radius 3 is 2.58 bits per heavy atom. The Morgan fingerprint density at radius 2 is 1.88 bits per heavy atom. The van der Waals surface area contributed by atoms with Gasteiger partial charge in [0.1, 0.15) is 11.6 Å². The summed E-state index contributed by atoms with van der Waals surface area (Å²) in [6, 6.07) is 15.9. The van der Waals surface area contributed by atoms with Crippen molar-refractivity contribution in [2.24, 2.45) is 0 Å². The predicted octanol–water partition coefficient (Wildman–Crippen LogP) is 4.72. The lowest BCUT2D eigenvalue weighted by Gasteiger charge is -2.05. The normalized spacial score (nSPS) is 11.0. The van der Waals surface area contributed by atoms with Crippen LogP contribution in [0.25, 0.3) is 11.8 Å². The summed E-state index contributed by atoms with van der Waals surface area (Å²) in [5.41, 5.74) is 1.82. The molecule has 26 heavy (non-hydrogen) atoms. The van der Waals surface area contributed by atoms with E-state index < -0.39 is 5.91 Å². The molecule has 0 bridgehead atoms. The van der Waals surface area contributed by atoms with Crippen molar-refractivity contribution in [1.29, 1.82) is 5.26 Å². The number of benzene rings is 2. The molecular weight excluding hydrogens is 371 g/mol. The molecule has 0 unspecified atom stereocenters. The molecule has 0 spiro atoms. The molecule has 3 aromatic rings. The molecule has 3 rings (SSSR count). The first-order valence-corrected chi connectivity index (χ1v) is 8.31. The maximum atomic E-state index is 12.3. The number of amides is 1. The van der Waals surface area contributed by atoms with Crippen molar-refractivity contribution in [1.82, 2.24) is 9.78 Å². The first kappa shape index (κ1) is 17.7. The van der Waals surface area contributed by atoms with Crippen LogP contribution in [0.2, 0.25) is 10.0 Å². The van der Waals surface area contributed by atoms with Crippen LogP contribution in [0, 0.1) is 11.3 Å². The van der Waals surface area contributed by atoms with Gasteiger partial charge < -0.3 is 5.32 Å². The van der Waals surface area contributed by atoms with Gasteiger partial charge in [0.2, 0.25) is 0 Å². The van der Waals surface area contributed by atoms with Crippen LogP contribution in [0.4, 0.5) is 5.69 Å². The van der Waals surface area contributed by atoms with E-state index in [0.717, 1.165) is 5.69 Å². The largest absolute Gasteiger partial charge is 0.320 e. The van der Waals surface area contributed by atoms with Crippen molar-refractivity contribution in [3.05, 3.63) is 82.1 Å². The highest BCUT2D eigenvalue weighted by Gasteiger charge is 2.12. The highest BCUT2D eigenvalue weighted by atomic mass is 35.5. The minimum absolute atomic E-state index is 0.0550. The minimum atomic E-state index is -0.542. The fourth-order valence-corrected chi connectivity index (χ4v) is 2.52. The SMILES string of the molecule is N#C/C(=C/c1cnn(-c2ccc(Cl)cc2)c1)C(=O)Nc1ccccc1Cl. The smallest absolute Gasteiger partial charge is 0.266 e. The summed E-state index contributed by atoms with van der Waals surface area (Å²) in [5, 5.41) is 17.2. The monoisotopic (exact) mass is 382 g/mol. The Labute approximate surface area is 160 Å². The second-order valence-electron chi connectivity index (χ2n) is 5.30. The van der Waals surface area contributed by atoms with Gasteiger partial charge in [-0.15, -0.1) is 0 Å². The summed E-state index contributed by atoms with van der Waals surface area (Å²) < 4.78 is 1.63. The molecule has 5 nitrogen and oxygen atoms in total. The maximum absolute atomic E-state index is 12.3. The second kappa shape index (κ2) is 7.87. The standard InChI is InChI=1S/C19H12Cl2N4O/c20-15-5-7-16(8-6-15)25-12-13(11-23-25)9-14(10-22)19(26)24-18-4-2-1-3-17(18)21/h1-9,11-12H,(H,24,26)/b14-9-. The molecule has 1 amide bonds. The summed E-state index contributed by atoms with van der Waals surface area (Å²) in [4.78, 5) is 12.3. The van der Waals surface area contributed by atoms with Crippen molar-refractivity contribution in [3.63, 3.8) is 0 Å². The summed E-state index contributed by atoms with van der Waals surface area (Å²) in [6.07, 6.45) is 4.74. The van der Waals surface area contributed by atoms with E-state index in [-0.39, 0.29) is 5.57 Å². The second-order valence-corrected chi connectivity index (χ2v) is 6.14. The lowest BCUT2D eigenvalue weighted by molar-refractivity contribution is -0.112. The summed E-state index contributed by atoms with van der Waals surface area (Å²) in [7, 11) is 0. The Morgan fingerprint density at radius 1 is 1.15 bits per heavy atom. The fraction of sp³-hybridized carbons (Fsp3) is 0. The van der Waals surface area contributed by atoms with E-state index in [4.69, 9.17) is 23.2 Å². The zero-order chi connectivity index (χ0) is 18.5. The van der Waals surface area contributed by atoms with Gasteiger partial charge in [0, 0.05) is 16.8 Å². The quantitative estimate of drug-likeness (QED) is 0.523. The molecule has 2 aromatic carbocycles. The summed E-state index contributed by atoms with van der Waals surface area (Å²) >= 11 is 11.9. The van der Waals surface area contributed by atoms with Gasteiger partial charge in [-0.25, -0.2) is 4.68 Å². The Bertz CT molecular complexity index is 1020. The molecular formula is C19H12Cl2N4O. The molecule has 0 aliphatic heterocycles. The van der Waals surface area contributed by atoms with Crippen molar-refractivity contribution in [2.75, 3.05) is 5.32 Å². The Balaban J connectivity index is 1.81. The van der Waals surface area contributed by atoms with Crippen LogP contribution < -0.4 is 5.32 Å². The number of para-hydroxylation sites is 1. The van der Waals surface area contributed by atoms with Crippen LogP contribution in [0.3, 0.4) is 0 Å². The van der Waals surface area contributed by atoms with Crippen molar-refractivity contribution >= 4 is 40.9 Å². The molecule has 1 aromatic heterocycles. The van der Waals surface area contributed by atoms with Gasteiger partial charge >= 0.3 is 0 Å². The number of carbonyl (C=O) groups is 1. The van der Waals surface area contributed by atoms with Gasteiger partial charge in [-0.1, -0.05) is 35.3 Å². The molecule has 0 atom stereocenters. The van der Waals surface area contributed by atoms with Gasteiger partial charge in [0.25, 0.3) is 5.91 Å². The highest BCUT2D eigenvalue weighted by Crippen LogP contribution is 2.21. The van der Waals surface area contributed by atoms with Crippen molar-refractivity contribution in [3.8, 4) is 11.8 Å². The van der Waals surface area contributed by atoms with Gasteiger partial charge in [-0.2, -0.15) is 10.4 Å². The first-order valence-electron chi connectivity index (χ1n) is 7.55. The molecule has 1 N–H and O–H groups in total. The lowest BCUT2D eigenvalue weighted by atomic mass is 10.2. The van der Waals surface area contributed by atoms with Gasteiger partial charge in [-0.05, 0) is 42.5 Å². The molecule has 0 aliphatic rings. The molecule has 0 saturated carbocycles. The molecule has 0 radical (unpaired) electrons. The molecule has 0 saturated heterocycles. The average molecular weight is 383 g/mol. The predicted molar refractivity (Wildman–Crippen MR) is 102 cm³/mol. The van der Waals surface area contributed by atoms with Crippen molar-refractivity contribution in [2.45, 2.75) is 0 Å². The van der Waals surface area contributed by atoms with E-state index in [1.165, 1.54) is 6.08 Å². The van der Waals surface area contributed by atoms with E-state index in [1.54, 1.807) is 53.5 Å². The van der Waals surface area contributed by atoms with Crippen LogP contribution in [-0.2, 0) is 4.79 Å². The number of nitrogens with one attached hydrogen (secondary N) is 1. The number of hydrogen-bond donors (Lipinski definition) is 1. The third-order valence-corrected chi connectivity index (χ3v) is 4.07. The molecule has 7 heteroatoms. The first-order chi connectivity index (χ1) is 12.6. The fourth-order valence-electron chi connectivity index (χ4n) is 2.21. The molecule has 1 heterocycles. The lowest BCUT2D eigenvalue weighted by Crippen LogP contribution is -2.13.